The maximum absolute atomic E-state index is 13.4. The molecule has 4 heteroatoms. The molecule has 0 bridgehead atoms. The second kappa shape index (κ2) is 4.28. The maximum Gasteiger partial charge on any atom is 0.151 e. The van der Waals surface area contributed by atoms with Crippen molar-refractivity contribution in [3.63, 3.8) is 0 Å². The highest BCUT2D eigenvalue weighted by molar-refractivity contribution is 5.72. The van der Waals surface area contributed by atoms with Crippen LogP contribution in [0, 0.1) is 17.6 Å². The van der Waals surface area contributed by atoms with Gasteiger partial charge < -0.3 is 10.6 Å². The van der Waals surface area contributed by atoms with Crippen LogP contribution in [0.1, 0.15) is 20.3 Å². The first-order valence-electron chi connectivity index (χ1n) is 5.55. The van der Waals surface area contributed by atoms with Crippen LogP contribution in [0.2, 0.25) is 0 Å². The minimum absolute atomic E-state index is 0.230. The lowest BCUT2D eigenvalue weighted by Gasteiger charge is -2.29. The van der Waals surface area contributed by atoms with Crippen molar-refractivity contribution in [1.82, 2.24) is 0 Å². The van der Waals surface area contributed by atoms with E-state index in [-0.39, 0.29) is 6.04 Å². The Balaban J connectivity index is 2.20. The van der Waals surface area contributed by atoms with Gasteiger partial charge in [0.2, 0.25) is 0 Å². The van der Waals surface area contributed by atoms with Crippen LogP contribution in [0.4, 0.5) is 20.2 Å². The van der Waals surface area contributed by atoms with E-state index in [0.717, 1.165) is 12.5 Å². The molecule has 16 heavy (non-hydrogen) atoms. The molecule has 0 spiro atoms. The molecule has 0 fully saturated rings. The van der Waals surface area contributed by atoms with E-state index < -0.39 is 11.6 Å². The van der Waals surface area contributed by atoms with E-state index in [9.17, 15) is 8.78 Å². The number of hydrogen-bond acceptors (Lipinski definition) is 2. The van der Waals surface area contributed by atoms with Gasteiger partial charge in [-0.2, -0.15) is 0 Å². The Morgan fingerprint density at radius 2 is 2.12 bits per heavy atom. The molecule has 1 aliphatic heterocycles. The van der Waals surface area contributed by atoms with Crippen molar-refractivity contribution in [2.24, 2.45) is 5.92 Å². The van der Waals surface area contributed by atoms with Crippen molar-refractivity contribution in [2.75, 3.05) is 17.2 Å². The Labute approximate surface area is 94.0 Å². The number of fused-ring (bicyclic) bond motifs is 1. The molecule has 0 saturated carbocycles. The monoisotopic (exact) mass is 226 g/mol. The van der Waals surface area contributed by atoms with Crippen LogP contribution >= 0.6 is 0 Å². The third-order valence-corrected chi connectivity index (χ3v) is 2.70. The lowest BCUT2D eigenvalue weighted by molar-refractivity contribution is 0.520. The Hall–Kier alpha value is -1.32. The first-order valence-corrected chi connectivity index (χ1v) is 5.55. The number of hydrogen-bond donors (Lipinski definition) is 2. The highest BCUT2D eigenvalue weighted by Crippen LogP contribution is 2.31. The smallest absolute Gasteiger partial charge is 0.151 e. The number of rotatable bonds is 2. The lowest BCUT2D eigenvalue weighted by atomic mass is 10.0. The van der Waals surface area contributed by atoms with Crippen LogP contribution in [-0.4, -0.2) is 12.6 Å². The molecule has 1 atom stereocenters. The second-order valence-corrected chi connectivity index (χ2v) is 4.66. The third kappa shape index (κ3) is 2.26. The van der Waals surface area contributed by atoms with Gasteiger partial charge in [0.15, 0.2) is 5.82 Å². The van der Waals surface area contributed by atoms with E-state index in [1.807, 2.05) is 0 Å². The third-order valence-electron chi connectivity index (χ3n) is 2.70. The van der Waals surface area contributed by atoms with Gasteiger partial charge in [-0.1, -0.05) is 13.8 Å². The summed E-state index contributed by atoms with van der Waals surface area (Å²) in [6.45, 7) is 4.93. The molecule has 0 aliphatic carbocycles. The average Bonchev–Trinajstić information content (AvgIpc) is 2.15. The van der Waals surface area contributed by atoms with Crippen LogP contribution in [0.25, 0.3) is 0 Å². The molecule has 1 unspecified atom stereocenters. The predicted octanol–water partition coefficient (Wildman–Crippen LogP) is 3.22. The Kier molecular flexibility index (Phi) is 2.99. The highest BCUT2D eigenvalue weighted by atomic mass is 19.1. The quantitative estimate of drug-likeness (QED) is 0.809. The largest absolute Gasteiger partial charge is 0.379 e. The standard InChI is InChI=1S/C12H16F2N2/c1-7(2)3-9-6-15-12-10(14)4-8(13)5-11(12)16-9/h4-5,7,9,15-16H,3,6H2,1-2H3. The van der Waals surface area contributed by atoms with Gasteiger partial charge in [-0.3, -0.25) is 0 Å². The minimum atomic E-state index is -0.546. The summed E-state index contributed by atoms with van der Waals surface area (Å²) in [7, 11) is 0. The van der Waals surface area contributed by atoms with Crippen LogP contribution in [-0.2, 0) is 0 Å². The normalized spacial score (nSPS) is 18.9. The topological polar surface area (TPSA) is 24.1 Å². The van der Waals surface area contributed by atoms with Gasteiger partial charge in [0.25, 0.3) is 0 Å². The fourth-order valence-corrected chi connectivity index (χ4v) is 2.07. The van der Waals surface area contributed by atoms with Gasteiger partial charge in [0, 0.05) is 18.7 Å². The number of halogens is 2. The summed E-state index contributed by atoms with van der Waals surface area (Å²) in [5.74, 6) is -0.527. The number of anilines is 2. The summed E-state index contributed by atoms with van der Waals surface area (Å²) >= 11 is 0. The van der Waals surface area contributed by atoms with E-state index in [2.05, 4.69) is 24.5 Å². The van der Waals surface area contributed by atoms with Crippen molar-refractivity contribution < 1.29 is 8.78 Å². The molecular formula is C12H16F2N2. The molecular weight excluding hydrogens is 210 g/mol. The highest BCUT2D eigenvalue weighted by Gasteiger charge is 2.21. The predicted molar refractivity (Wildman–Crippen MR) is 61.7 cm³/mol. The molecule has 0 saturated heterocycles. The molecule has 2 rings (SSSR count). The average molecular weight is 226 g/mol. The zero-order valence-corrected chi connectivity index (χ0v) is 9.48. The lowest BCUT2D eigenvalue weighted by Crippen LogP contribution is -2.34. The van der Waals surface area contributed by atoms with Crippen molar-refractivity contribution in [3.8, 4) is 0 Å². The van der Waals surface area contributed by atoms with Gasteiger partial charge in [0.05, 0.1) is 11.4 Å². The fraction of sp³-hybridized carbons (Fsp3) is 0.500. The summed E-state index contributed by atoms with van der Waals surface area (Å²) in [4.78, 5) is 0. The van der Waals surface area contributed by atoms with E-state index in [4.69, 9.17) is 0 Å². The van der Waals surface area contributed by atoms with Crippen LogP contribution < -0.4 is 10.6 Å². The van der Waals surface area contributed by atoms with Crippen LogP contribution in [0.3, 0.4) is 0 Å². The molecule has 1 heterocycles. The van der Waals surface area contributed by atoms with Gasteiger partial charge in [-0.15, -0.1) is 0 Å². The summed E-state index contributed by atoms with van der Waals surface area (Å²) in [5, 5.41) is 6.18. The van der Waals surface area contributed by atoms with E-state index in [1.165, 1.54) is 6.07 Å². The van der Waals surface area contributed by atoms with Gasteiger partial charge in [-0.25, -0.2) is 8.78 Å². The second-order valence-electron chi connectivity index (χ2n) is 4.66. The molecule has 2 N–H and O–H groups in total. The van der Waals surface area contributed by atoms with E-state index in [0.29, 0.717) is 23.8 Å². The molecule has 1 aromatic rings. The Morgan fingerprint density at radius 1 is 1.38 bits per heavy atom. The van der Waals surface area contributed by atoms with Gasteiger partial charge in [0.1, 0.15) is 5.82 Å². The summed E-state index contributed by atoms with van der Waals surface area (Å²) in [6.07, 6.45) is 0.977. The van der Waals surface area contributed by atoms with Crippen molar-refractivity contribution >= 4 is 11.4 Å². The van der Waals surface area contributed by atoms with E-state index >= 15 is 0 Å². The molecule has 0 aromatic heterocycles. The molecule has 88 valence electrons. The molecule has 2 nitrogen and oxygen atoms in total. The SMILES string of the molecule is CC(C)CC1CNc2c(F)cc(F)cc2N1. The van der Waals surface area contributed by atoms with Crippen molar-refractivity contribution in [3.05, 3.63) is 23.8 Å². The van der Waals surface area contributed by atoms with Crippen molar-refractivity contribution in [2.45, 2.75) is 26.3 Å². The summed E-state index contributed by atoms with van der Waals surface area (Å²) in [5.41, 5.74) is 0.899. The van der Waals surface area contributed by atoms with E-state index in [1.54, 1.807) is 0 Å². The number of benzene rings is 1. The maximum atomic E-state index is 13.4. The molecule has 1 aromatic carbocycles. The minimum Gasteiger partial charge on any atom is -0.379 e. The molecule has 0 amide bonds. The molecule has 0 radical (unpaired) electrons. The zero-order valence-electron chi connectivity index (χ0n) is 9.48. The van der Waals surface area contributed by atoms with Crippen molar-refractivity contribution in [1.29, 1.82) is 0 Å². The fourth-order valence-electron chi connectivity index (χ4n) is 2.07. The Morgan fingerprint density at radius 3 is 2.81 bits per heavy atom. The number of nitrogens with one attached hydrogen (secondary N) is 2. The zero-order chi connectivity index (χ0) is 11.7. The first-order chi connectivity index (χ1) is 7.56. The van der Waals surface area contributed by atoms with Gasteiger partial charge in [-0.05, 0) is 18.4 Å². The Bertz CT molecular complexity index is 391. The van der Waals surface area contributed by atoms with Crippen LogP contribution in [0.15, 0.2) is 12.1 Å². The summed E-state index contributed by atoms with van der Waals surface area (Å²) < 4.78 is 26.4. The summed E-state index contributed by atoms with van der Waals surface area (Å²) in [6, 6.07) is 2.46. The first kappa shape index (κ1) is 11.2. The van der Waals surface area contributed by atoms with Crippen LogP contribution in [0.5, 0.6) is 0 Å². The molecule has 1 aliphatic rings. The van der Waals surface area contributed by atoms with Gasteiger partial charge >= 0.3 is 0 Å².